The number of anilines is 3. The molecule has 0 saturated carbocycles. The smallest absolute Gasteiger partial charge is 0.391 e. The highest BCUT2D eigenvalue weighted by molar-refractivity contribution is 6.05. The zero-order chi connectivity index (χ0) is 27.9. The summed E-state index contributed by atoms with van der Waals surface area (Å²) in [7, 11) is 0. The van der Waals surface area contributed by atoms with Gasteiger partial charge in [0.25, 0.3) is 0 Å². The lowest BCUT2D eigenvalue weighted by atomic mass is 10.0. The van der Waals surface area contributed by atoms with Crippen molar-refractivity contribution in [3.8, 4) is 5.88 Å². The van der Waals surface area contributed by atoms with Crippen LogP contribution in [0.1, 0.15) is 44.1 Å². The van der Waals surface area contributed by atoms with Crippen LogP contribution in [0.4, 0.5) is 35.3 Å². The van der Waals surface area contributed by atoms with Gasteiger partial charge in [0.15, 0.2) is 17.4 Å². The number of pyridine rings is 2. The minimum atomic E-state index is -4.49. The van der Waals surface area contributed by atoms with Gasteiger partial charge in [0.1, 0.15) is 24.2 Å². The maximum Gasteiger partial charge on any atom is 0.391 e. The summed E-state index contributed by atoms with van der Waals surface area (Å²) in [6.45, 7) is 6.48. The first-order valence-electron chi connectivity index (χ1n) is 12.8. The first-order chi connectivity index (χ1) is 18.4. The average molecular weight is 550 g/mol. The van der Waals surface area contributed by atoms with E-state index in [0.29, 0.717) is 31.8 Å². The Morgan fingerprint density at radius 1 is 1.23 bits per heavy atom. The van der Waals surface area contributed by atoms with Crippen LogP contribution >= 0.6 is 0 Å². The Morgan fingerprint density at radius 2 is 2.03 bits per heavy atom. The molecule has 5 heterocycles. The molecule has 39 heavy (non-hydrogen) atoms. The quantitative estimate of drug-likeness (QED) is 0.507. The molecular formula is C26H30F3N5O5. The van der Waals surface area contributed by atoms with E-state index in [2.05, 4.69) is 15.3 Å². The van der Waals surface area contributed by atoms with Crippen LogP contribution in [0.2, 0.25) is 0 Å². The van der Waals surface area contributed by atoms with E-state index in [1.807, 2.05) is 18.7 Å². The van der Waals surface area contributed by atoms with Crippen LogP contribution in [0.25, 0.3) is 0 Å². The molecule has 2 aromatic rings. The number of alkyl halides is 3. The number of aromatic nitrogens is 2. The van der Waals surface area contributed by atoms with Crippen molar-refractivity contribution in [2.24, 2.45) is 5.92 Å². The molecule has 3 aliphatic rings. The highest BCUT2D eigenvalue weighted by Gasteiger charge is 2.42. The minimum absolute atomic E-state index is 0.111. The van der Waals surface area contributed by atoms with Gasteiger partial charge in [-0.1, -0.05) is 13.0 Å². The van der Waals surface area contributed by atoms with Gasteiger partial charge in [-0.05, 0) is 38.5 Å². The first kappa shape index (κ1) is 27.1. The molecule has 2 amide bonds. The summed E-state index contributed by atoms with van der Waals surface area (Å²) in [6, 6.07) is 7.28. The summed E-state index contributed by atoms with van der Waals surface area (Å²) in [5.74, 6) is -2.44. The van der Waals surface area contributed by atoms with Gasteiger partial charge in [-0.3, -0.25) is 15.0 Å². The Balaban J connectivity index is 1.31. The standard InChI is InChI=1S/C26H30F3N5O5/c1-15(26(27,28)29)11-20(35)18-7-8-19-23(30-18)34(16-9-10-33(19)12-16)24(36)32-21-5-4-6-22(31-21)37-13-17-14-38-25(2,3)39-17/h4-8,15-17H,9-14H2,1-3H3,(H,31,32,36)/t15-,16-,17+/m0/s1. The molecule has 13 heteroatoms. The van der Waals surface area contributed by atoms with E-state index in [-0.39, 0.29) is 42.0 Å². The normalized spacial score (nSPS) is 22.4. The number of carbonyl (C=O) groups excluding carboxylic acids is 2. The Bertz CT molecular complexity index is 1260. The molecule has 3 atom stereocenters. The maximum atomic E-state index is 13.5. The number of hydrogen-bond donors (Lipinski definition) is 1. The largest absolute Gasteiger partial charge is 0.475 e. The third-order valence-corrected chi connectivity index (χ3v) is 6.95. The van der Waals surface area contributed by atoms with Crippen molar-refractivity contribution in [1.29, 1.82) is 0 Å². The van der Waals surface area contributed by atoms with Crippen molar-refractivity contribution >= 4 is 29.1 Å². The summed E-state index contributed by atoms with van der Waals surface area (Å²) < 4.78 is 56.0. The molecule has 2 saturated heterocycles. The molecule has 0 unspecified atom stereocenters. The predicted molar refractivity (Wildman–Crippen MR) is 135 cm³/mol. The molecule has 2 fully saturated rings. The predicted octanol–water partition coefficient (Wildman–Crippen LogP) is 4.41. The van der Waals surface area contributed by atoms with E-state index in [1.54, 1.807) is 24.3 Å². The van der Waals surface area contributed by atoms with Crippen molar-refractivity contribution in [1.82, 2.24) is 9.97 Å². The number of carbonyl (C=O) groups is 2. The van der Waals surface area contributed by atoms with Gasteiger partial charge in [0, 0.05) is 25.6 Å². The molecule has 1 N–H and O–H groups in total. The minimum Gasteiger partial charge on any atom is -0.475 e. The second-order valence-electron chi connectivity index (χ2n) is 10.4. The number of Topliss-reactive ketones (excluding diaryl/α,β-unsaturated/α-hetero) is 1. The molecule has 0 spiro atoms. The average Bonchev–Trinajstić information content (AvgIpc) is 3.45. The van der Waals surface area contributed by atoms with Crippen molar-refractivity contribution < 1.29 is 37.0 Å². The van der Waals surface area contributed by atoms with Gasteiger partial charge in [-0.25, -0.2) is 9.78 Å². The van der Waals surface area contributed by atoms with Crippen LogP contribution in [-0.4, -0.2) is 72.2 Å². The van der Waals surface area contributed by atoms with Crippen molar-refractivity contribution in [2.75, 3.05) is 41.4 Å². The molecule has 210 valence electrons. The Hall–Kier alpha value is -3.45. The van der Waals surface area contributed by atoms with Crippen molar-refractivity contribution in [3.05, 3.63) is 36.0 Å². The van der Waals surface area contributed by atoms with E-state index in [0.717, 1.165) is 6.92 Å². The topological polar surface area (TPSA) is 106 Å². The molecule has 0 radical (unpaired) electrons. The zero-order valence-electron chi connectivity index (χ0n) is 21.8. The lowest BCUT2D eigenvalue weighted by molar-refractivity contribution is -0.168. The zero-order valence-corrected chi connectivity index (χ0v) is 21.8. The Morgan fingerprint density at radius 3 is 2.74 bits per heavy atom. The summed E-state index contributed by atoms with van der Waals surface area (Å²) in [5, 5.41) is 2.77. The van der Waals surface area contributed by atoms with Gasteiger partial charge in [0.2, 0.25) is 5.88 Å². The molecule has 2 aromatic heterocycles. The molecule has 0 aliphatic carbocycles. The number of rotatable bonds is 7. The van der Waals surface area contributed by atoms with Crippen LogP contribution in [0.15, 0.2) is 30.3 Å². The van der Waals surface area contributed by atoms with Gasteiger partial charge < -0.3 is 19.1 Å². The molecular weight excluding hydrogens is 519 g/mol. The number of ether oxygens (including phenoxy) is 3. The fraction of sp³-hybridized carbons (Fsp3) is 0.538. The second kappa shape index (κ2) is 10.3. The van der Waals surface area contributed by atoms with Crippen LogP contribution in [0.3, 0.4) is 0 Å². The molecule has 2 bridgehead atoms. The fourth-order valence-electron chi connectivity index (χ4n) is 4.88. The SMILES string of the molecule is C[C@@H](CC(=O)c1ccc2c(n1)N(C(=O)Nc1cccc(OC[C@@H]3COC(C)(C)O3)n1)[C@H]1CCN2C1)C(F)(F)F. The van der Waals surface area contributed by atoms with E-state index in [4.69, 9.17) is 14.2 Å². The van der Waals surface area contributed by atoms with E-state index < -0.39 is 36.1 Å². The van der Waals surface area contributed by atoms with Crippen LogP contribution in [-0.2, 0) is 9.47 Å². The second-order valence-corrected chi connectivity index (χ2v) is 10.4. The highest BCUT2D eigenvalue weighted by atomic mass is 19.4. The Kier molecular flexibility index (Phi) is 7.14. The summed E-state index contributed by atoms with van der Waals surface area (Å²) in [6.07, 6.45) is -4.78. The van der Waals surface area contributed by atoms with E-state index in [1.165, 1.54) is 11.0 Å². The van der Waals surface area contributed by atoms with Crippen LogP contribution < -0.4 is 19.9 Å². The van der Waals surface area contributed by atoms with Crippen LogP contribution in [0, 0.1) is 5.92 Å². The molecule has 0 aromatic carbocycles. The molecule has 10 nitrogen and oxygen atoms in total. The van der Waals surface area contributed by atoms with Gasteiger partial charge >= 0.3 is 12.2 Å². The van der Waals surface area contributed by atoms with Crippen LogP contribution in [0.5, 0.6) is 5.88 Å². The molecule has 5 rings (SSSR count). The lowest BCUT2D eigenvalue weighted by Gasteiger charge is -2.35. The first-order valence-corrected chi connectivity index (χ1v) is 12.8. The fourth-order valence-corrected chi connectivity index (χ4v) is 4.88. The van der Waals surface area contributed by atoms with Gasteiger partial charge in [0.05, 0.1) is 24.3 Å². The number of urea groups is 1. The number of halogens is 3. The third kappa shape index (κ3) is 5.93. The number of amides is 2. The highest BCUT2D eigenvalue weighted by Crippen LogP contribution is 2.39. The number of fused-ring (bicyclic) bond motifs is 4. The van der Waals surface area contributed by atoms with Gasteiger partial charge in [-0.2, -0.15) is 18.2 Å². The third-order valence-electron chi connectivity index (χ3n) is 6.95. The number of nitrogens with zero attached hydrogens (tertiary/aromatic N) is 4. The number of ketones is 1. The summed E-state index contributed by atoms with van der Waals surface area (Å²) >= 11 is 0. The van der Waals surface area contributed by atoms with Crippen molar-refractivity contribution in [3.63, 3.8) is 0 Å². The number of nitrogens with one attached hydrogen (secondary N) is 1. The monoisotopic (exact) mass is 549 g/mol. The van der Waals surface area contributed by atoms with E-state index in [9.17, 15) is 22.8 Å². The Labute approximate surface area is 223 Å². The van der Waals surface area contributed by atoms with E-state index >= 15 is 0 Å². The van der Waals surface area contributed by atoms with Gasteiger partial charge in [-0.15, -0.1) is 0 Å². The molecule has 3 aliphatic heterocycles. The summed E-state index contributed by atoms with van der Waals surface area (Å²) in [5.41, 5.74) is 0.533. The maximum absolute atomic E-state index is 13.5. The summed E-state index contributed by atoms with van der Waals surface area (Å²) in [4.78, 5) is 38.3. The van der Waals surface area contributed by atoms with Crippen molar-refractivity contribution in [2.45, 2.75) is 57.7 Å². The lowest BCUT2D eigenvalue weighted by Crippen LogP contribution is -2.48. The number of hydrogen-bond acceptors (Lipinski definition) is 8.